The topological polar surface area (TPSA) is 63.4 Å². The van der Waals surface area contributed by atoms with E-state index in [9.17, 15) is 9.59 Å². The van der Waals surface area contributed by atoms with Gasteiger partial charge < -0.3 is 5.73 Å². The monoisotopic (exact) mass is 272 g/mol. The highest BCUT2D eigenvalue weighted by Gasteiger charge is 2.47. The van der Waals surface area contributed by atoms with E-state index in [-0.39, 0.29) is 29.7 Å². The zero-order valence-electron chi connectivity index (χ0n) is 11.5. The van der Waals surface area contributed by atoms with Crippen LogP contribution in [0.1, 0.15) is 24.8 Å². The van der Waals surface area contributed by atoms with Gasteiger partial charge in [-0.25, -0.2) is 0 Å². The van der Waals surface area contributed by atoms with Crippen molar-refractivity contribution in [3.05, 3.63) is 35.9 Å². The van der Waals surface area contributed by atoms with E-state index >= 15 is 0 Å². The SMILES string of the molecule is NCC(Cc1ccccc1)N1C(=O)C2CCC(C2)C1=O. The van der Waals surface area contributed by atoms with Crippen LogP contribution in [0.4, 0.5) is 0 Å². The number of piperidine rings is 1. The van der Waals surface area contributed by atoms with Gasteiger partial charge in [-0.2, -0.15) is 0 Å². The first-order chi connectivity index (χ1) is 9.70. The average molecular weight is 272 g/mol. The summed E-state index contributed by atoms with van der Waals surface area (Å²) in [5.74, 6) is 0.0790. The van der Waals surface area contributed by atoms with E-state index in [4.69, 9.17) is 5.73 Å². The fourth-order valence-corrected chi connectivity index (χ4v) is 3.46. The number of carbonyl (C=O) groups excluding carboxylic acids is 2. The van der Waals surface area contributed by atoms with Crippen molar-refractivity contribution in [1.82, 2.24) is 4.90 Å². The van der Waals surface area contributed by atoms with E-state index in [0.29, 0.717) is 13.0 Å². The van der Waals surface area contributed by atoms with Crippen LogP contribution in [0.25, 0.3) is 0 Å². The largest absolute Gasteiger partial charge is 0.328 e. The molecular weight excluding hydrogens is 252 g/mol. The zero-order valence-corrected chi connectivity index (χ0v) is 11.5. The third-order valence-corrected chi connectivity index (χ3v) is 4.56. The van der Waals surface area contributed by atoms with Gasteiger partial charge in [0.15, 0.2) is 0 Å². The molecule has 3 rings (SSSR count). The van der Waals surface area contributed by atoms with E-state index in [1.165, 1.54) is 4.90 Å². The maximum Gasteiger partial charge on any atom is 0.232 e. The Morgan fingerprint density at radius 2 is 1.70 bits per heavy atom. The second-order valence-corrected chi connectivity index (χ2v) is 5.83. The van der Waals surface area contributed by atoms with Crippen molar-refractivity contribution in [1.29, 1.82) is 0 Å². The van der Waals surface area contributed by atoms with Crippen molar-refractivity contribution < 1.29 is 9.59 Å². The fourth-order valence-electron chi connectivity index (χ4n) is 3.46. The van der Waals surface area contributed by atoms with Crippen molar-refractivity contribution in [3.8, 4) is 0 Å². The number of fused-ring (bicyclic) bond motifs is 2. The van der Waals surface area contributed by atoms with Crippen molar-refractivity contribution in [2.75, 3.05) is 6.54 Å². The van der Waals surface area contributed by atoms with Gasteiger partial charge in [-0.05, 0) is 31.2 Å². The Labute approximate surface area is 118 Å². The van der Waals surface area contributed by atoms with E-state index in [2.05, 4.69) is 0 Å². The van der Waals surface area contributed by atoms with Crippen LogP contribution in [0, 0.1) is 11.8 Å². The van der Waals surface area contributed by atoms with E-state index in [1.807, 2.05) is 30.3 Å². The van der Waals surface area contributed by atoms with Crippen molar-refractivity contribution in [3.63, 3.8) is 0 Å². The van der Waals surface area contributed by atoms with Crippen LogP contribution >= 0.6 is 0 Å². The summed E-state index contributed by atoms with van der Waals surface area (Å²) >= 11 is 0. The molecule has 1 aliphatic heterocycles. The van der Waals surface area contributed by atoms with Crippen LogP contribution in [0.15, 0.2) is 30.3 Å². The molecule has 3 unspecified atom stereocenters. The first-order valence-electron chi connectivity index (χ1n) is 7.31. The Morgan fingerprint density at radius 3 is 2.25 bits per heavy atom. The lowest BCUT2D eigenvalue weighted by molar-refractivity contribution is -0.155. The minimum atomic E-state index is -0.208. The number of nitrogens with zero attached hydrogens (tertiary/aromatic N) is 1. The van der Waals surface area contributed by atoms with E-state index in [0.717, 1.165) is 24.8 Å². The smallest absolute Gasteiger partial charge is 0.232 e. The Kier molecular flexibility index (Phi) is 3.57. The lowest BCUT2D eigenvalue weighted by Gasteiger charge is -2.35. The molecule has 4 nitrogen and oxygen atoms in total. The van der Waals surface area contributed by atoms with Gasteiger partial charge in [0, 0.05) is 18.4 Å². The molecule has 0 aromatic heterocycles. The maximum atomic E-state index is 12.4. The highest BCUT2D eigenvalue weighted by atomic mass is 16.2. The number of rotatable bonds is 4. The number of benzene rings is 1. The molecule has 2 amide bonds. The lowest BCUT2D eigenvalue weighted by atomic mass is 9.93. The molecule has 1 heterocycles. The first-order valence-corrected chi connectivity index (χ1v) is 7.31. The maximum absolute atomic E-state index is 12.4. The van der Waals surface area contributed by atoms with E-state index in [1.54, 1.807) is 0 Å². The Bertz CT molecular complexity index is 492. The summed E-state index contributed by atoms with van der Waals surface area (Å²) in [7, 11) is 0. The van der Waals surface area contributed by atoms with Crippen molar-refractivity contribution >= 4 is 11.8 Å². The van der Waals surface area contributed by atoms with Crippen molar-refractivity contribution in [2.45, 2.75) is 31.7 Å². The molecule has 2 aliphatic rings. The van der Waals surface area contributed by atoms with Crippen LogP contribution in [0.2, 0.25) is 0 Å². The summed E-state index contributed by atoms with van der Waals surface area (Å²) < 4.78 is 0. The zero-order chi connectivity index (χ0) is 14.1. The second kappa shape index (κ2) is 5.37. The molecule has 0 spiro atoms. The number of hydrogen-bond donors (Lipinski definition) is 1. The molecule has 2 N–H and O–H groups in total. The summed E-state index contributed by atoms with van der Waals surface area (Å²) in [6, 6.07) is 9.70. The number of imide groups is 1. The van der Waals surface area contributed by atoms with E-state index < -0.39 is 0 Å². The molecule has 0 radical (unpaired) electrons. The molecule has 1 aromatic carbocycles. The van der Waals surface area contributed by atoms with Crippen LogP contribution in [0.3, 0.4) is 0 Å². The highest BCUT2D eigenvalue weighted by Crippen LogP contribution is 2.39. The summed E-state index contributed by atoms with van der Waals surface area (Å²) in [5.41, 5.74) is 6.95. The van der Waals surface area contributed by atoms with Gasteiger partial charge in [0.2, 0.25) is 11.8 Å². The normalized spacial score (nSPS) is 26.9. The van der Waals surface area contributed by atoms with Gasteiger partial charge in [-0.3, -0.25) is 14.5 Å². The van der Waals surface area contributed by atoms with Gasteiger partial charge >= 0.3 is 0 Å². The summed E-state index contributed by atoms with van der Waals surface area (Å²) in [5, 5.41) is 0. The third kappa shape index (κ3) is 2.24. The quantitative estimate of drug-likeness (QED) is 0.841. The van der Waals surface area contributed by atoms with Gasteiger partial charge in [-0.1, -0.05) is 30.3 Å². The lowest BCUT2D eigenvalue weighted by Crippen LogP contribution is -2.54. The minimum Gasteiger partial charge on any atom is -0.328 e. The summed E-state index contributed by atoms with van der Waals surface area (Å²) in [6.45, 7) is 0.325. The molecular formula is C16H20N2O2. The molecule has 2 bridgehead atoms. The van der Waals surface area contributed by atoms with Crippen LogP contribution in [-0.2, 0) is 16.0 Å². The number of nitrogens with two attached hydrogens (primary N) is 1. The predicted molar refractivity (Wildman–Crippen MR) is 75.7 cm³/mol. The number of carbonyl (C=O) groups is 2. The Balaban J connectivity index is 1.81. The number of amides is 2. The van der Waals surface area contributed by atoms with Crippen LogP contribution in [-0.4, -0.2) is 29.3 Å². The van der Waals surface area contributed by atoms with Gasteiger partial charge in [-0.15, -0.1) is 0 Å². The standard InChI is InChI=1S/C16H20N2O2/c17-10-14(8-11-4-2-1-3-5-11)18-15(19)12-6-7-13(9-12)16(18)20/h1-5,12-14H,6-10,17H2. The molecule has 106 valence electrons. The van der Waals surface area contributed by atoms with Crippen LogP contribution in [0.5, 0.6) is 0 Å². The fraction of sp³-hybridized carbons (Fsp3) is 0.500. The first kappa shape index (κ1) is 13.3. The Morgan fingerprint density at radius 1 is 1.10 bits per heavy atom. The molecule has 1 aromatic rings. The van der Waals surface area contributed by atoms with Crippen LogP contribution < -0.4 is 5.73 Å². The van der Waals surface area contributed by atoms with Gasteiger partial charge in [0.05, 0.1) is 6.04 Å². The number of likely N-dealkylation sites (tertiary alicyclic amines) is 1. The van der Waals surface area contributed by atoms with Gasteiger partial charge in [0.25, 0.3) is 0 Å². The molecule has 1 aliphatic carbocycles. The molecule has 20 heavy (non-hydrogen) atoms. The molecule has 4 heteroatoms. The summed E-state index contributed by atoms with van der Waals surface area (Å²) in [4.78, 5) is 26.3. The predicted octanol–water partition coefficient (Wildman–Crippen LogP) is 1.34. The van der Waals surface area contributed by atoms with Gasteiger partial charge in [0.1, 0.15) is 0 Å². The molecule has 2 fully saturated rings. The minimum absolute atomic E-state index is 0.00451. The average Bonchev–Trinajstić information content (AvgIpc) is 2.92. The number of hydrogen-bond acceptors (Lipinski definition) is 3. The van der Waals surface area contributed by atoms with Crippen molar-refractivity contribution in [2.24, 2.45) is 17.6 Å². The third-order valence-electron chi connectivity index (χ3n) is 4.56. The second-order valence-electron chi connectivity index (χ2n) is 5.83. The molecule has 3 atom stereocenters. The Hall–Kier alpha value is -1.68. The molecule has 1 saturated heterocycles. The summed E-state index contributed by atoms with van der Waals surface area (Å²) in [6.07, 6.45) is 3.10. The highest BCUT2D eigenvalue weighted by molar-refractivity contribution is 6.01. The molecule has 1 saturated carbocycles.